The van der Waals surface area contributed by atoms with Gasteiger partial charge in [-0.15, -0.1) is 0 Å². The van der Waals surface area contributed by atoms with Gasteiger partial charge in [0.1, 0.15) is 5.75 Å². The third-order valence-corrected chi connectivity index (χ3v) is 2.81. The molecule has 0 fully saturated rings. The van der Waals surface area contributed by atoms with Crippen LogP contribution in [-0.4, -0.2) is 24.0 Å². The van der Waals surface area contributed by atoms with Crippen LogP contribution in [0.4, 0.5) is 5.69 Å². The average molecular weight is 271 g/mol. The molecule has 0 atom stereocenters. The first kappa shape index (κ1) is 13.6. The maximum atomic E-state index is 12.1. The normalized spacial score (nSPS) is 9.85. The zero-order chi connectivity index (χ0) is 14.5. The van der Waals surface area contributed by atoms with Crippen LogP contribution in [0.15, 0.2) is 35.3 Å². The molecule has 0 spiro atoms. The molecular formula is C14H13N3O3. The number of methoxy groups -OCH3 is 2. The Hall–Kier alpha value is -2.81. The topological polar surface area (TPSA) is 57.7 Å². The number of ether oxygens (including phenoxy) is 2. The number of rotatable bonds is 4. The number of nitrogens with zero attached hydrogens (tertiary/aromatic N) is 3. The van der Waals surface area contributed by atoms with Crippen molar-refractivity contribution in [3.63, 3.8) is 0 Å². The third-order valence-electron chi connectivity index (χ3n) is 2.81. The largest absolute Gasteiger partial charge is 0.506 e. The molecule has 0 unspecified atom stereocenters. The monoisotopic (exact) mass is 271 g/mol. The van der Waals surface area contributed by atoms with Crippen LogP contribution in [0.25, 0.3) is 4.85 Å². The maximum absolute atomic E-state index is 12.1. The highest BCUT2D eigenvalue weighted by atomic mass is 16.5. The van der Waals surface area contributed by atoms with Gasteiger partial charge in [0.05, 0.1) is 33.5 Å². The SMILES string of the molecule is [C-]#[N+]c1c(OC)cnn(Cc2ccc(OC)cc2)c1=O. The first-order valence-corrected chi connectivity index (χ1v) is 5.84. The Morgan fingerprint density at radius 3 is 2.50 bits per heavy atom. The van der Waals surface area contributed by atoms with Crippen molar-refractivity contribution in [2.24, 2.45) is 0 Å². The molecule has 0 radical (unpaired) electrons. The van der Waals surface area contributed by atoms with Gasteiger partial charge in [0.15, 0.2) is 5.75 Å². The summed E-state index contributed by atoms with van der Waals surface area (Å²) in [6.07, 6.45) is 1.37. The van der Waals surface area contributed by atoms with Gasteiger partial charge in [-0.25, -0.2) is 9.53 Å². The van der Waals surface area contributed by atoms with Gasteiger partial charge in [0.25, 0.3) is 11.2 Å². The van der Waals surface area contributed by atoms with Gasteiger partial charge >= 0.3 is 0 Å². The minimum absolute atomic E-state index is 0.0592. The summed E-state index contributed by atoms with van der Waals surface area (Å²) in [5, 5.41) is 4.00. The van der Waals surface area contributed by atoms with Crippen molar-refractivity contribution in [1.29, 1.82) is 0 Å². The fourth-order valence-electron chi connectivity index (χ4n) is 1.73. The lowest BCUT2D eigenvalue weighted by molar-refractivity contribution is 0.410. The van der Waals surface area contributed by atoms with E-state index < -0.39 is 5.56 Å². The summed E-state index contributed by atoms with van der Waals surface area (Å²) in [6, 6.07) is 7.29. The molecule has 0 amide bonds. The summed E-state index contributed by atoms with van der Waals surface area (Å²) in [5.74, 6) is 0.932. The molecule has 0 aliphatic rings. The van der Waals surface area contributed by atoms with Gasteiger partial charge in [-0.3, -0.25) is 4.79 Å². The Kier molecular flexibility index (Phi) is 4.01. The first-order valence-electron chi connectivity index (χ1n) is 5.84. The first-order chi connectivity index (χ1) is 9.69. The summed E-state index contributed by atoms with van der Waals surface area (Å²) in [6.45, 7) is 7.33. The average Bonchev–Trinajstić information content (AvgIpc) is 2.49. The zero-order valence-electron chi connectivity index (χ0n) is 11.2. The molecule has 1 heterocycles. The van der Waals surface area contributed by atoms with E-state index in [1.54, 1.807) is 19.2 Å². The van der Waals surface area contributed by atoms with Crippen molar-refractivity contribution in [1.82, 2.24) is 9.78 Å². The molecule has 0 bridgehead atoms. The number of hydrogen-bond acceptors (Lipinski definition) is 4. The lowest BCUT2D eigenvalue weighted by atomic mass is 10.2. The predicted molar refractivity (Wildman–Crippen MR) is 73.4 cm³/mol. The van der Waals surface area contributed by atoms with Crippen molar-refractivity contribution >= 4 is 5.69 Å². The third kappa shape index (κ3) is 2.62. The molecule has 6 heteroatoms. The summed E-state index contributed by atoms with van der Waals surface area (Å²) in [5.41, 5.74) is 0.368. The molecule has 0 saturated carbocycles. The van der Waals surface area contributed by atoms with Crippen molar-refractivity contribution < 1.29 is 9.47 Å². The van der Waals surface area contributed by atoms with E-state index >= 15 is 0 Å². The molecule has 1 aromatic carbocycles. The van der Waals surface area contributed by atoms with E-state index in [0.29, 0.717) is 0 Å². The minimum atomic E-state index is -0.463. The maximum Gasteiger partial charge on any atom is 0.294 e. The van der Waals surface area contributed by atoms with Crippen LogP contribution in [-0.2, 0) is 6.54 Å². The molecule has 0 N–H and O–H groups in total. The Morgan fingerprint density at radius 2 is 1.95 bits per heavy atom. The Balaban J connectivity index is 2.34. The Morgan fingerprint density at radius 1 is 1.25 bits per heavy atom. The van der Waals surface area contributed by atoms with Crippen LogP contribution in [0.3, 0.4) is 0 Å². The van der Waals surface area contributed by atoms with E-state index in [2.05, 4.69) is 9.94 Å². The molecule has 0 aliphatic heterocycles. The fourth-order valence-corrected chi connectivity index (χ4v) is 1.73. The van der Waals surface area contributed by atoms with Crippen LogP contribution in [0.1, 0.15) is 5.56 Å². The van der Waals surface area contributed by atoms with Crippen molar-refractivity contribution in [3.05, 3.63) is 57.8 Å². The number of benzene rings is 1. The minimum Gasteiger partial charge on any atom is -0.506 e. The highest BCUT2D eigenvalue weighted by Gasteiger charge is 2.12. The van der Waals surface area contributed by atoms with Gasteiger partial charge in [0, 0.05) is 0 Å². The van der Waals surface area contributed by atoms with E-state index in [4.69, 9.17) is 16.0 Å². The standard InChI is InChI=1S/C14H13N3O3/c1-15-13-12(20-3)8-16-17(14(13)18)9-10-4-6-11(19-2)7-5-10/h4-8H,9H2,2-3H3. The van der Waals surface area contributed by atoms with Crippen LogP contribution in [0.5, 0.6) is 11.5 Å². The van der Waals surface area contributed by atoms with Crippen LogP contribution >= 0.6 is 0 Å². The van der Waals surface area contributed by atoms with Gasteiger partial charge < -0.3 is 9.47 Å². The fraction of sp³-hybridized carbons (Fsp3) is 0.214. The second-order valence-electron chi connectivity index (χ2n) is 3.98. The van der Waals surface area contributed by atoms with E-state index in [1.807, 2.05) is 12.1 Å². The van der Waals surface area contributed by atoms with Crippen molar-refractivity contribution in [2.45, 2.75) is 6.54 Å². The summed E-state index contributed by atoms with van der Waals surface area (Å²) >= 11 is 0. The highest BCUT2D eigenvalue weighted by molar-refractivity contribution is 5.54. The highest BCUT2D eigenvalue weighted by Crippen LogP contribution is 2.20. The second-order valence-corrected chi connectivity index (χ2v) is 3.98. The molecular weight excluding hydrogens is 258 g/mol. The Labute approximate surface area is 116 Å². The lowest BCUT2D eigenvalue weighted by Gasteiger charge is -2.08. The van der Waals surface area contributed by atoms with Crippen LogP contribution in [0, 0.1) is 6.57 Å². The summed E-state index contributed by atoms with van der Waals surface area (Å²) in [4.78, 5) is 15.3. The molecule has 1 aromatic heterocycles. The van der Waals surface area contributed by atoms with Crippen LogP contribution < -0.4 is 15.0 Å². The number of hydrogen-bond donors (Lipinski definition) is 0. The quantitative estimate of drug-likeness (QED) is 0.796. The predicted octanol–water partition coefficient (Wildman–Crippen LogP) is 1.86. The summed E-state index contributed by atoms with van der Waals surface area (Å²) < 4.78 is 11.2. The molecule has 0 saturated heterocycles. The van der Waals surface area contributed by atoms with E-state index in [-0.39, 0.29) is 18.0 Å². The van der Waals surface area contributed by atoms with E-state index in [9.17, 15) is 4.79 Å². The van der Waals surface area contributed by atoms with Crippen molar-refractivity contribution in [2.75, 3.05) is 14.2 Å². The Bertz CT molecular complexity index is 699. The molecule has 20 heavy (non-hydrogen) atoms. The molecule has 102 valence electrons. The van der Waals surface area contributed by atoms with Crippen molar-refractivity contribution in [3.8, 4) is 11.5 Å². The van der Waals surface area contributed by atoms with Gasteiger partial charge in [-0.2, -0.15) is 5.10 Å². The van der Waals surface area contributed by atoms with Crippen LogP contribution in [0.2, 0.25) is 0 Å². The number of aromatic nitrogens is 2. The van der Waals surface area contributed by atoms with Gasteiger partial charge in [-0.1, -0.05) is 12.1 Å². The second kappa shape index (κ2) is 5.89. The van der Waals surface area contributed by atoms with Gasteiger partial charge in [-0.05, 0) is 17.7 Å². The smallest absolute Gasteiger partial charge is 0.294 e. The van der Waals surface area contributed by atoms with E-state index in [0.717, 1.165) is 11.3 Å². The lowest BCUT2D eigenvalue weighted by Crippen LogP contribution is -2.23. The van der Waals surface area contributed by atoms with E-state index in [1.165, 1.54) is 18.0 Å². The summed E-state index contributed by atoms with van der Waals surface area (Å²) in [7, 11) is 2.99. The zero-order valence-corrected chi connectivity index (χ0v) is 11.2. The molecule has 2 rings (SSSR count). The molecule has 0 aliphatic carbocycles. The van der Waals surface area contributed by atoms with Gasteiger partial charge in [0.2, 0.25) is 0 Å². The molecule has 6 nitrogen and oxygen atoms in total. The molecule has 2 aromatic rings.